The van der Waals surface area contributed by atoms with E-state index >= 15 is 0 Å². The Morgan fingerprint density at radius 1 is 1.40 bits per heavy atom. The van der Waals surface area contributed by atoms with Gasteiger partial charge in [-0.15, -0.1) is 10.2 Å². The van der Waals surface area contributed by atoms with Crippen LogP contribution in [0.1, 0.15) is 26.7 Å². The van der Waals surface area contributed by atoms with Gasteiger partial charge in [-0.2, -0.15) is 0 Å². The lowest BCUT2D eigenvalue weighted by molar-refractivity contribution is -0.122. The average Bonchev–Trinajstić information content (AvgIpc) is 3.22. The lowest BCUT2D eigenvalue weighted by Gasteiger charge is -2.16. The Morgan fingerprint density at radius 3 is 2.88 bits per heavy atom. The number of rotatable bonds is 6. The Bertz CT molecular complexity index is 750. The number of nitrogens with one attached hydrogen (secondary N) is 1. The number of para-hydroxylation sites is 1. The summed E-state index contributed by atoms with van der Waals surface area (Å²) in [4.78, 5) is 26.3. The predicted molar refractivity (Wildman–Crippen MR) is 101 cm³/mol. The quantitative estimate of drug-likeness (QED) is 0.618. The third-order valence-corrected chi connectivity index (χ3v) is 6.27. The Kier molecular flexibility index (Phi) is 5.70. The SMILES string of the molecule is CC[C@H](C)Sc1nnc(NC(=O)[C@H]2CC(=O)N(c3ccccc3)C2)s1. The molecule has 1 N–H and O–H groups in total. The van der Waals surface area contributed by atoms with Crippen LogP contribution in [0.25, 0.3) is 0 Å². The second-order valence-electron chi connectivity index (χ2n) is 5.94. The molecule has 3 rings (SSSR count). The van der Waals surface area contributed by atoms with Gasteiger partial charge in [0.2, 0.25) is 16.9 Å². The molecule has 2 heterocycles. The van der Waals surface area contributed by atoms with Gasteiger partial charge in [-0.25, -0.2) is 0 Å². The number of anilines is 2. The van der Waals surface area contributed by atoms with E-state index in [1.807, 2.05) is 30.3 Å². The van der Waals surface area contributed by atoms with Crippen LogP contribution < -0.4 is 10.2 Å². The molecule has 1 aliphatic rings. The third-order valence-electron chi connectivity index (χ3n) is 4.08. The van der Waals surface area contributed by atoms with E-state index in [1.54, 1.807) is 16.7 Å². The molecule has 1 saturated heterocycles. The predicted octanol–water partition coefficient (Wildman–Crippen LogP) is 3.42. The fourth-order valence-electron chi connectivity index (χ4n) is 2.51. The number of hydrogen-bond donors (Lipinski definition) is 1. The fraction of sp³-hybridized carbons (Fsp3) is 0.412. The Labute approximate surface area is 155 Å². The van der Waals surface area contributed by atoms with Gasteiger partial charge in [0.15, 0.2) is 4.34 Å². The van der Waals surface area contributed by atoms with Crippen LogP contribution in [-0.4, -0.2) is 33.8 Å². The van der Waals surface area contributed by atoms with Crippen molar-refractivity contribution in [2.75, 3.05) is 16.8 Å². The van der Waals surface area contributed by atoms with Crippen molar-refractivity contribution in [1.82, 2.24) is 10.2 Å². The molecule has 0 unspecified atom stereocenters. The summed E-state index contributed by atoms with van der Waals surface area (Å²) in [6.45, 7) is 4.64. The van der Waals surface area contributed by atoms with E-state index in [9.17, 15) is 9.59 Å². The minimum atomic E-state index is -0.373. The minimum absolute atomic E-state index is 0.0309. The van der Waals surface area contributed by atoms with Crippen LogP contribution in [0.5, 0.6) is 0 Å². The fourth-order valence-corrected chi connectivity index (χ4v) is 4.51. The summed E-state index contributed by atoms with van der Waals surface area (Å²) in [5.74, 6) is -0.582. The first-order valence-electron chi connectivity index (χ1n) is 8.23. The summed E-state index contributed by atoms with van der Waals surface area (Å²) in [5, 5.41) is 11.9. The molecule has 0 saturated carbocycles. The van der Waals surface area contributed by atoms with E-state index in [-0.39, 0.29) is 24.2 Å². The van der Waals surface area contributed by atoms with Gasteiger partial charge in [-0.05, 0) is 18.6 Å². The van der Waals surface area contributed by atoms with Crippen LogP contribution >= 0.6 is 23.1 Å². The maximum atomic E-state index is 12.5. The molecule has 1 fully saturated rings. The van der Waals surface area contributed by atoms with E-state index < -0.39 is 0 Å². The highest BCUT2D eigenvalue weighted by Gasteiger charge is 2.35. The highest BCUT2D eigenvalue weighted by molar-refractivity contribution is 8.01. The van der Waals surface area contributed by atoms with Crippen LogP contribution in [0, 0.1) is 5.92 Å². The van der Waals surface area contributed by atoms with Gasteiger partial charge in [0.1, 0.15) is 0 Å². The third kappa shape index (κ3) is 4.38. The molecule has 2 atom stereocenters. The normalized spacial score (nSPS) is 18.4. The highest BCUT2D eigenvalue weighted by Crippen LogP contribution is 2.31. The zero-order chi connectivity index (χ0) is 17.8. The number of nitrogens with zero attached hydrogens (tertiary/aromatic N) is 3. The van der Waals surface area contributed by atoms with Gasteiger partial charge < -0.3 is 10.2 Å². The van der Waals surface area contributed by atoms with Gasteiger partial charge in [0.25, 0.3) is 0 Å². The Morgan fingerprint density at radius 2 is 2.16 bits per heavy atom. The van der Waals surface area contributed by atoms with Gasteiger partial charge >= 0.3 is 0 Å². The molecule has 0 spiro atoms. The second-order valence-corrected chi connectivity index (χ2v) is 8.60. The molecular formula is C17H20N4O2S2. The number of carbonyl (C=O) groups excluding carboxylic acids is 2. The van der Waals surface area contributed by atoms with Crippen molar-refractivity contribution in [3.8, 4) is 0 Å². The monoisotopic (exact) mass is 376 g/mol. The average molecular weight is 377 g/mol. The van der Waals surface area contributed by atoms with Crippen molar-refractivity contribution in [3.05, 3.63) is 30.3 Å². The number of aromatic nitrogens is 2. The van der Waals surface area contributed by atoms with E-state index in [0.717, 1.165) is 16.4 Å². The lowest BCUT2D eigenvalue weighted by Crippen LogP contribution is -2.28. The zero-order valence-electron chi connectivity index (χ0n) is 14.1. The van der Waals surface area contributed by atoms with Crippen LogP contribution in [0.3, 0.4) is 0 Å². The van der Waals surface area contributed by atoms with Crippen LogP contribution in [0.4, 0.5) is 10.8 Å². The van der Waals surface area contributed by atoms with Crippen molar-refractivity contribution in [3.63, 3.8) is 0 Å². The first-order chi connectivity index (χ1) is 12.1. The summed E-state index contributed by atoms with van der Waals surface area (Å²) < 4.78 is 0.845. The minimum Gasteiger partial charge on any atom is -0.312 e. The van der Waals surface area contributed by atoms with Crippen molar-refractivity contribution in [1.29, 1.82) is 0 Å². The largest absolute Gasteiger partial charge is 0.312 e. The number of thioether (sulfide) groups is 1. The number of amides is 2. The van der Waals surface area contributed by atoms with Crippen LogP contribution in [0.2, 0.25) is 0 Å². The van der Waals surface area contributed by atoms with Crippen LogP contribution in [0.15, 0.2) is 34.7 Å². The molecule has 2 amide bonds. The summed E-state index contributed by atoms with van der Waals surface area (Å²) >= 11 is 3.02. The molecule has 0 radical (unpaired) electrons. The van der Waals surface area contributed by atoms with Gasteiger partial charge in [0, 0.05) is 23.9 Å². The number of benzene rings is 1. The van der Waals surface area contributed by atoms with Crippen molar-refractivity contribution < 1.29 is 9.59 Å². The maximum absolute atomic E-state index is 12.5. The zero-order valence-corrected chi connectivity index (χ0v) is 15.8. The van der Waals surface area contributed by atoms with Crippen molar-refractivity contribution >= 4 is 45.7 Å². The summed E-state index contributed by atoms with van der Waals surface area (Å²) in [6.07, 6.45) is 1.26. The Balaban J connectivity index is 1.60. The summed E-state index contributed by atoms with van der Waals surface area (Å²) in [6, 6.07) is 9.42. The number of carbonyl (C=O) groups is 2. The molecule has 0 aliphatic carbocycles. The van der Waals surface area contributed by atoms with Crippen molar-refractivity contribution in [2.24, 2.45) is 5.92 Å². The molecule has 8 heteroatoms. The Hall–Kier alpha value is -1.93. The van der Waals surface area contributed by atoms with Crippen molar-refractivity contribution in [2.45, 2.75) is 36.3 Å². The molecule has 1 aromatic heterocycles. The molecule has 6 nitrogen and oxygen atoms in total. The van der Waals surface area contributed by atoms with E-state index in [2.05, 4.69) is 29.4 Å². The molecule has 25 heavy (non-hydrogen) atoms. The first kappa shape index (κ1) is 17.9. The first-order valence-corrected chi connectivity index (χ1v) is 9.93. The highest BCUT2D eigenvalue weighted by atomic mass is 32.2. The lowest BCUT2D eigenvalue weighted by atomic mass is 10.1. The smallest absolute Gasteiger partial charge is 0.231 e. The molecule has 132 valence electrons. The van der Waals surface area contributed by atoms with Gasteiger partial charge in [-0.1, -0.05) is 55.1 Å². The molecule has 0 bridgehead atoms. The molecule has 1 aliphatic heterocycles. The topological polar surface area (TPSA) is 75.2 Å². The van der Waals surface area contributed by atoms with E-state index in [1.165, 1.54) is 11.3 Å². The van der Waals surface area contributed by atoms with Crippen LogP contribution in [-0.2, 0) is 9.59 Å². The summed E-state index contributed by atoms with van der Waals surface area (Å²) in [7, 11) is 0. The molecule has 2 aromatic rings. The van der Waals surface area contributed by atoms with Gasteiger partial charge in [0.05, 0.1) is 5.92 Å². The maximum Gasteiger partial charge on any atom is 0.231 e. The van der Waals surface area contributed by atoms with E-state index in [4.69, 9.17) is 0 Å². The summed E-state index contributed by atoms with van der Waals surface area (Å²) in [5.41, 5.74) is 0.825. The van der Waals surface area contributed by atoms with E-state index in [0.29, 0.717) is 16.9 Å². The standard InChI is InChI=1S/C17H20N4O2S2/c1-3-11(2)24-17-20-19-16(25-17)18-15(23)12-9-14(22)21(10-12)13-7-5-4-6-8-13/h4-8,11-12H,3,9-10H2,1-2H3,(H,18,19,23)/t11-,12-/m0/s1. The molecular weight excluding hydrogens is 356 g/mol. The molecule has 1 aromatic carbocycles. The second kappa shape index (κ2) is 7.97. The number of hydrogen-bond acceptors (Lipinski definition) is 6. The van der Waals surface area contributed by atoms with Gasteiger partial charge in [-0.3, -0.25) is 9.59 Å².